The molecule has 0 heterocycles. The van der Waals surface area contributed by atoms with Gasteiger partial charge in [0.1, 0.15) is 0 Å². The summed E-state index contributed by atoms with van der Waals surface area (Å²) in [5, 5.41) is 0. The van der Waals surface area contributed by atoms with Gasteiger partial charge in [-0.3, -0.25) is 4.79 Å². The molecule has 0 saturated heterocycles. The molecule has 0 saturated carbocycles. The number of hydrogen-bond donors (Lipinski definition) is 0. The predicted octanol–water partition coefficient (Wildman–Crippen LogP) is 3.98. The van der Waals surface area contributed by atoms with Crippen molar-refractivity contribution >= 4 is 5.97 Å². The van der Waals surface area contributed by atoms with Crippen molar-refractivity contribution in [3.63, 3.8) is 0 Å². The summed E-state index contributed by atoms with van der Waals surface area (Å²) in [6.45, 7) is 7.41. The van der Waals surface area contributed by atoms with Crippen LogP contribution in [0.25, 0.3) is 0 Å². The van der Waals surface area contributed by atoms with E-state index in [2.05, 4.69) is 11.7 Å². The molecule has 0 amide bonds. The van der Waals surface area contributed by atoms with E-state index in [0.29, 0.717) is 66.1 Å². The molecule has 0 atom stereocenters. The van der Waals surface area contributed by atoms with E-state index in [1.54, 1.807) is 0 Å². The first kappa shape index (κ1) is 36.1. The van der Waals surface area contributed by atoms with Gasteiger partial charge >= 0.3 is 5.97 Å². The van der Waals surface area contributed by atoms with E-state index in [-0.39, 0.29) is 19.8 Å². The Balaban J connectivity index is 1.84. The lowest BCUT2D eigenvalue weighted by Crippen LogP contribution is -2.16. The van der Waals surface area contributed by atoms with Crippen molar-refractivity contribution in [3.05, 3.63) is 29.1 Å². The molecule has 0 N–H and O–H groups in total. The SMILES string of the molecule is CCCCCOCCOCCOCCOCCOCCOCCOCCC(=O)Oc1c(F)c(F)c(F)c(F)c1F. The van der Waals surface area contributed by atoms with Crippen molar-refractivity contribution in [3.8, 4) is 5.75 Å². The molecule has 1 rings (SSSR count). The van der Waals surface area contributed by atoms with E-state index < -0.39 is 47.2 Å². The smallest absolute Gasteiger partial charge is 0.313 e. The van der Waals surface area contributed by atoms with Crippen molar-refractivity contribution < 1.29 is 64.6 Å². The minimum atomic E-state index is -2.34. The van der Waals surface area contributed by atoms with Gasteiger partial charge in [0.15, 0.2) is 0 Å². The fourth-order valence-corrected chi connectivity index (χ4v) is 2.87. The average molecular weight is 591 g/mol. The Morgan fingerprint density at radius 2 is 0.800 bits per heavy atom. The maximum atomic E-state index is 13.5. The van der Waals surface area contributed by atoms with Crippen LogP contribution < -0.4 is 4.74 Å². The molecule has 0 aliphatic carbocycles. The molecule has 0 spiro atoms. The van der Waals surface area contributed by atoms with E-state index in [1.165, 1.54) is 12.8 Å². The quantitative estimate of drug-likeness (QED) is 0.0397. The van der Waals surface area contributed by atoms with Crippen molar-refractivity contribution in [2.75, 3.05) is 92.5 Å². The van der Waals surface area contributed by atoms with Crippen LogP contribution in [0.1, 0.15) is 32.6 Å². The highest BCUT2D eigenvalue weighted by molar-refractivity contribution is 5.72. The number of ether oxygens (including phenoxy) is 8. The fraction of sp³-hybridized carbons (Fsp3) is 0.731. The summed E-state index contributed by atoms with van der Waals surface area (Å²) >= 11 is 0. The third kappa shape index (κ3) is 16.4. The van der Waals surface area contributed by atoms with E-state index in [0.717, 1.165) is 13.0 Å². The van der Waals surface area contributed by atoms with Crippen molar-refractivity contribution in [2.24, 2.45) is 0 Å². The summed E-state index contributed by atoms with van der Waals surface area (Å²) in [5.41, 5.74) is 0. The zero-order valence-electron chi connectivity index (χ0n) is 22.8. The van der Waals surface area contributed by atoms with Crippen LogP contribution in [0.5, 0.6) is 5.75 Å². The summed E-state index contributed by atoms with van der Waals surface area (Å²) < 4.78 is 108. The number of hydrogen-bond acceptors (Lipinski definition) is 9. The van der Waals surface area contributed by atoms with Gasteiger partial charge in [-0.15, -0.1) is 0 Å². The second-order valence-corrected chi connectivity index (χ2v) is 8.12. The normalized spacial score (nSPS) is 11.3. The van der Waals surface area contributed by atoms with Gasteiger partial charge in [0.05, 0.1) is 92.3 Å². The Bertz CT molecular complexity index is 788. The lowest BCUT2D eigenvalue weighted by molar-refractivity contribution is -0.136. The van der Waals surface area contributed by atoms with Gasteiger partial charge in [0.25, 0.3) is 0 Å². The molecule has 40 heavy (non-hydrogen) atoms. The predicted molar refractivity (Wildman–Crippen MR) is 132 cm³/mol. The lowest BCUT2D eigenvalue weighted by Gasteiger charge is -2.09. The molecule has 0 unspecified atom stereocenters. The van der Waals surface area contributed by atoms with Gasteiger partial charge in [0, 0.05) is 6.61 Å². The van der Waals surface area contributed by atoms with Crippen LogP contribution in [0.2, 0.25) is 0 Å². The molecule has 0 radical (unpaired) electrons. The molecule has 1 aromatic carbocycles. The van der Waals surface area contributed by atoms with Crippen LogP contribution in [-0.4, -0.2) is 98.5 Å². The van der Waals surface area contributed by atoms with Crippen LogP contribution in [-0.2, 0) is 38.0 Å². The monoisotopic (exact) mass is 590 g/mol. The molecular weight excluding hydrogens is 551 g/mol. The van der Waals surface area contributed by atoms with E-state index in [1.807, 2.05) is 0 Å². The minimum Gasteiger partial charge on any atom is -0.420 e. The van der Waals surface area contributed by atoms with Crippen LogP contribution in [0, 0.1) is 29.1 Å². The zero-order chi connectivity index (χ0) is 29.4. The van der Waals surface area contributed by atoms with Gasteiger partial charge in [-0.25, -0.2) is 13.2 Å². The van der Waals surface area contributed by atoms with Gasteiger partial charge in [-0.05, 0) is 6.42 Å². The van der Waals surface area contributed by atoms with Gasteiger partial charge in [-0.1, -0.05) is 19.8 Å². The molecular formula is C26H39F5O9. The number of unbranched alkanes of at least 4 members (excludes halogenated alkanes) is 2. The Morgan fingerprint density at radius 3 is 1.18 bits per heavy atom. The molecule has 0 aliphatic rings. The largest absolute Gasteiger partial charge is 0.420 e. The van der Waals surface area contributed by atoms with Crippen LogP contribution in [0.15, 0.2) is 0 Å². The summed E-state index contributed by atoms with van der Waals surface area (Å²) in [6.07, 6.45) is 2.96. The van der Waals surface area contributed by atoms with Crippen LogP contribution in [0.3, 0.4) is 0 Å². The van der Waals surface area contributed by atoms with Gasteiger partial charge in [-0.2, -0.15) is 8.78 Å². The molecule has 14 heteroatoms. The van der Waals surface area contributed by atoms with Gasteiger partial charge < -0.3 is 37.9 Å². The summed E-state index contributed by atoms with van der Waals surface area (Å²) in [6, 6.07) is 0. The minimum absolute atomic E-state index is 0.0940. The second kappa shape index (κ2) is 23.7. The number of carbonyl (C=O) groups is 1. The van der Waals surface area contributed by atoms with Crippen molar-refractivity contribution in [2.45, 2.75) is 32.6 Å². The summed E-state index contributed by atoms with van der Waals surface area (Å²) in [5.74, 6) is -14.1. The first-order valence-corrected chi connectivity index (χ1v) is 13.2. The number of rotatable bonds is 26. The molecule has 1 aromatic rings. The third-order valence-corrected chi connectivity index (χ3v) is 4.96. The maximum Gasteiger partial charge on any atom is 0.313 e. The number of benzene rings is 1. The van der Waals surface area contributed by atoms with Crippen molar-refractivity contribution in [1.29, 1.82) is 0 Å². The number of halogens is 5. The lowest BCUT2D eigenvalue weighted by atomic mass is 10.2. The zero-order valence-corrected chi connectivity index (χ0v) is 22.8. The van der Waals surface area contributed by atoms with E-state index in [4.69, 9.17) is 33.2 Å². The molecule has 0 aliphatic heterocycles. The Morgan fingerprint density at radius 1 is 0.475 bits per heavy atom. The van der Waals surface area contributed by atoms with E-state index in [9.17, 15) is 26.7 Å². The molecule has 0 fully saturated rings. The van der Waals surface area contributed by atoms with Crippen LogP contribution in [0.4, 0.5) is 22.0 Å². The van der Waals surface area contributed by atoms with Gasteiger partial charge in [0.2, 0.25) is 34.8 Å². The highest BCUT2D eigenvalue weighted by Crippen LogP contribution is 2.29. The molecule has 232 valence electrons. The highest BCUT2D eigenvalue weighted by Gasteiger charge is 2.28. The molecule has 0 aromatic heterocycles. The van der Waals surface area contributed by atoms with Crippen molar-refractivity contribution in [1.82, 2.24) is 0 Å². The fourth-order valence-electron chi connectivity index (χ4n) is 2.87. The second-order valence-electron chi connectivity index (χ2n) is 8.12. The Labute approximate surface area is 231 Å². The highest BCUT2D eigenvalue weighted by atomic mass is 19.2. The standard InChI is InChI=1S/C26H39F5O9/c1-2-3-4-6-33-8-10-35-12-14-37-16-18-39-19-17-38-15-13-36-11-9-34-7-5-20(32)40-26-24(30)22(28)21(27)23(29)25(26)31/h2-19H2,1H3. The first-order chi connectivity index (χ1) is 19.4. The van der Waals surface area contributed by atoms with E-state index >= 15 is 0 Å². The van der Waals surface area contributed by atoms with Crippen LogP contribution >= 0.6 is 0 Å². The molecule has 9 nitrogen and oxygen atoms in total. The topological polar surface area (TPSA) is 90.9 Å². The Hall–Kier alpha value is -1.94. The number of esters is 1. The third-order valence-electron chi connectivity index (χ3n) is 4.96. The average Bonchev–Trinajstić information content (AvgIpc) is 2.95. The summed E-state index contributed by atoms with van der Waals surface area (Å²) in [7, 11) is 0. The number of carbonyl (C=O) groups excluding carboxylic acids is 1. The Kier molecular flexibility index (Phi) is 21.4. The first-order valence-electron chi connectivity index (χ1n) is 13.2. The maximum absolute atomic E-state index is 13.5. The molecule has 0 bridgehead atoms. The summed E-state index contributed by atoms with van der Waals surface area (Å²) in [4.78, 5) is 11.6.